The Morgan fingerprint density at radius 2 is 1.70 bits per heavy atom. The first-order chi connectivity index (χ1) is 13.2. The Labute approximate surface area is 161 Å². The highest BCUT2D eigenvalue weighted by molar-refractivity contribution is 5.91. The molecule has 1 fully saturated rings. The van der Waals surface area contributed by atoms with Crippen LogP contribution in [0.15, 0.2) is 48.5 Å². The average molecular weight is 368 g/mol. The first-order valence-electron chi connectivity index (χ1n) is 9.63. The minimum absolute atomic E-state index is 0.00422. The summed E-state index contributed by atoms with van der Waals surface area (Å²) in [5.41, 5.74) is 3.31. The Morgan fingerprint density at radius 3 is 2.37 bits per heavy atom. The number of carbonyl (C=O) groups excluding carboxylic acids is 1. The Balaban J connectivity index is 1.40. The van der Waals surface area contributed by atoms with Gasteiger partial charge in [0.1, 0.15) is 5.75 Å². The van der Waals surface area contributed by atoms with Crippen molar-refractivity contribution in [2.75, 3.05) is 44.8 Å². The Morgan fingerprint density at radius 1 is 1.04 bits per heavy atom. The molecule has 0 spiro atoms. The number of nitrogens with one attached hydrogen (secondary N) is 1. The lowest BCUT2D eigenvalue weighted by atomic mass is 10.1. The summed E-state index contributed by atoms with van der Waals surface area (Å²) in [6.07, 6.45) is 1.99. The monoisotopic (exact) mass is 368 g/mol. The molecule has 1 heterocycles. The number of anilines is 1. The van der Waals surface area contributed by atoms with Crippen LogP contribution in [0, 0.1) is 0 Å². The van der Waals surface area contributed by atoms with E-state index in [9.17, 15) is 4.79 Å². The van der Waals surface area contributed by atoms with Crippen molar-refractivity contribution < 1.29 is 14.3 Å². The quantitative estimate of drug-likeness (QED) is 0.778. The molecule has 144 valence electrons. The third-order valence-electron chi connectivity index (χ3n) is 4.76. The largest absolute Gasteiger partial charge is 0.484 e. The van der Waals surface area contributed by atoms with E-state index in [0.717, 1.165) is 51.4 Å². The van der Waals surface area contributed by atoms with E-state index in [1.165, 1.54) is 11.1 Å². The van der Waals surface area contributed by atoms with E-state index in [0.29, 0.717) is 5.75 Å². The van der Waals surface area contributed by atoms with Crippen LogP contribution in [-0.4, -0.2) is 50.3 Å². The molecule has 1 amide bonds. The summed E-state index contributed by atoms with van der Waals surface area (Å²) in [5, 5.41) is 2.88. The van der Waals surface area contributed by atoms with Gasteiger partial charge in [-0.25, -0.2) is 0 Å². The van der Waals surface area contributed by atoms with Crippen molar-refractivity contribution in [1.82, 2.24) is 4.90 Å². The van der Waals surface area contributed by atoms with E-state index in [-0.39, 0.29) is 12.5 Å². The Bertz CT molecular complexity index is 707. The number of nitrogens with zero attached hydrogens (tertiary/aromatic N) is 1. The molecule has 1 aliphatic rings. The smallest absolute Gasteiger partial charge is 0.262 e. The van der Waals surface area contributed by atoms with Crippen LogP contribution in [0.1, 0.15) is 18.1 Å². The summed E-state index contributed by atoms with van der Waals surface area (Å²) in [7, 11) is 0. The number of hydrogen-bond donors (Lipinski definition) is 1. The molecule has 1 aliphatic heterocycles. The number of benzene rings is 2. The molecule has 2 aromatic rings. The second-order valence-corrected chi connectivity index (χ2v) is 6.74. The minimum Gasteiger partial charge on any atom is -0.484 e. The molecule has 0 unspecified atom stereocenters. The van der Waals surface area contributed by atoms with Gasteiger partial charge in [-0.2, -0.15) is 0 Å². The van der Waals surface area contributed by atoms with E-state index >= 15 is 0 Å². The van der Waals surface area contributed by atoms with E-state index < -0.39 is 0 Å². The van der Waals surface area contributed by atoms with Gasteiger partial charge in [-0.1, -0.05) is 31.2 Å². The van der Waals surface area contributed by atoms with Gasteiger partial charge in [0.25, 0.3) is 5.91 Å². The van der Waals surface area contributed by atoms with Crippen LogP contribution in [0.25, 0.3) is 0 Å². The molecular formula is C22H28N2O3. The zero-order chi connectivity index (χ0) is 18.9. The molecule has 2 aromatic carbocycles. The van der Waals surface area contributed by atoms with Crippen LogP contribution in [0.5, 0.6) is 5.75 Å². The van der Waals surface area contributed by atoms with Crippen LogP contribution in [0.2, 0.25) is 0 Å². The maximum Gasteiger partial charge on any atom is 0.262 e. The van der Waals surface area contributed by atoms with Crippen molar-refractivity contribution in [2.45, 2.75) is 19.8 Å². The molecule has 3 rings (SSSR count). The summed E-state index contributed by atoms with van der Waals surface area (Å²) in [6.45, 7) is 6.83. The molecule has 5 nitrogen and oxygen atoms in total. The van der Waals surface area contributed by atoms with Crippen molar-refractivity contribution in [3.63, 3.8) is 0 Å². The molecule has 0 bridgehead atoms. The van der Waals surface area contributed by atoms with Gasteiger partial charge in [0.05, 0.1) is 13.2 Å². The predicted molar refractivity (Wildman–Crippen MR) is 107 cm³/mol. The third kappa shape index (κ3) is 6.38. The van der Waals surface area contributed by atoms with Gasteiger partial charge in [0.15, 0.2) is 6.61 Å². The highest BCUT2D eigenvalue weighted by Gasteiger charge is 2.10. The third-order valence-corrected chi connectivity index (χ3v) is 4.76. The van der Waals surface area contributed by atoms with Crippen LogP contribution in [-0.2, 0) is 22.4 Å². The van der Waals surface area contributed by atoms with Gasteiger partial charge in [0.2, 0.25) is 0 Å². The van der Waals surface area contributed by atoms with Crippen LogP contribution in [0.3, 0.4) is 0 Å². The van der Waals surface area contributed by atoms with Crippen molar-refractivity contribution in [3.05, 3.63) is 59.7 Å². The standard InChI is InChI=1S/C22H28N2O3/c1-2-18-5-9-21(10-6-18)27-17-22(25)23-20-7-3-19(4-8-20)11-12-24-13-15-26-16-14-24/h3-10H,2,11-17H2,1H3,(H,23,25). The first kappa shape index (κ1) is 19.4. The molecule has 27 heavy (non-hydrogen) atoms. The lowest BCUT2D eigenvalue weighted by Crippen LogP contribution is -2.37. The van der Waals surface area contributed by atoms with Crippen LogP contribution < -0.4 is 10.1 Å². The minimum atomic E-state index is -0.157. The van der Waals surface area contributed by atoms with Crippen molar-refractivity contribution >= 4 is 11.6 Å². The first-order valence-corrected chi connectivity index (χ1v) is 9.63. The number of aryl methyl sites for hydroxylation is 1. The fraction of sp³-hybridized carbons (Fsp3) is 0.409. The van der Waals surface area contributed by atoms with Crippen LogP contribution in [0.4, 0.5) is 5.69 Å². The van der Waals surface area contributed by atoms with Crippen molar-refractivity contribution in [3.8, 4) is 5.75 Å². The molecule has 1 saturated heterocycles. The summed E-state index contributed by atoms with van der Waals surface area (Å²) in [4.78, 5) is 14.5. The van der Waals surface area contributed by atoms with E-state index in [1.807, 2.05) is 36.4 Å². The molecule has 0 aliphatic carbocycles. The van der Waals surface area contributed by atoms with Gasteiger partial charge >= 0.3 is 0 Å². The number of hydrogen-bond acceptors (Lipinski definition) is 4. The molecule has 0 aromatic heterocycles. The molecule has 0 atom stereocenters. The molecule has 5 heteroatoms. The number of amides is 1. The van der Waals surface area contributed by atoms with Gasteiger partial charge in [-0.3, -0.25) is 9.69 Å². The van der Waals surface area contributed by atoms with Gasteiger partial charge in [-0.05, 0) is 48.2 Å². The van der Waals surface area contributed by atoms with Crippen molar-refractivity contribution in [2.24, 2.45) is 0 Å². The predicted octanol–water partition coefficient (Wildman–Crippen LogP) is 3.14. The second kappa shape index (κ2) is 10.1. The number of morpholine rings is 1. The summed E-state index contributed by atoms with van der Waals surface area (Å²) in [6, 6.07) is 15.9. The Kier molecular flexibility index (Phi) is 7.25. The summed E-state index contributed by atoms with van der Waals surface area (Å²) in [5.74, 6) is 0.552. The average Bonchev–Trinajstić information content (AvgIpc) is 2.73. The van der Waals surface area contributed by atoms with Gasteiger partial charge in [0, 0.05) is 25.3 Å². The zero-order valence-corrected chi connectivity index (χ0v) is 15.9. The lowest BCUT2D eigenvalue weighted by Gasteiger charge is -2.26. The highest BCUT2D eigenvalue weighted by Crippen LogP contribution is 2.14. The summed E-state index contributed by atoms with van der Waals surface area (Å²) >= 11 is 0. The van der Waals surface area contributed by atoms with Gasteiger partial charge < -0.3 is 14.8 Å². The highest BCUT2D eigenvalue weighted by atomic mass is 16.5. The maximum atomic E-state index is 12.1. The van der Waals surface area contributed by atoms with Crippen molar-refractivity contribution in [1.29, 1.82) is 0 Å². The molecule has 0 radical (unpaired) electrons. The van der Waals surface area contributed by atoms with E-state index in [1.54, 1.807) is 0 Å². The SMILES string of the molecule is CCc1ccc(OCC(=O)Nc2ccc(CCN3CCOCC3)cc2)cc1. The Hall–Kier alpha value is -2.37. The number of ether oxygens (including phenoxy) is 2. The normalized spacial score (nSPS) is 14.7. The summed E-state index contributed by atoms with van der Waals surface area (Å²) < 4.78 is 10.9. The number of rotatable bonds is 8. The molecular weight excluding hydrogens is 340 g/mol. The molecule has 1 N–H and O–H groups in total. The number of carbonyl (C=O) groups is 1. The zero-order valence-electron chi connectivity index (χ0n) is 15.9. The van der Waals surface area contributed by atoms with E-state index in [2.05, 4.69) is 29.3 Å². The van der Waals surface area contributed by atoms with Crippen LogP contribution >= 0.6 is 0 Å². The van der Waals surface area contributed by atoms with E-state index in [4.69, 9.17) is 9.47 Å². The maximum absolute atomic E-state index is 12.1. The fourth-order valence-electron chi connectivity index (χ4n) is 3.03. The topological polar surface area (TPSA) is 50.8 Å². The molecule has 0 saturated carbocycles. The lowest BCUT2D eigenvalue weighted by molar-refractivity contribution is -0.118. The second-order valence-electron chi connectivity index (χ2n) is 6.74. The van der Waals surface area contributed by atoms with Gasteiger partial charge in [-0.15, -0.1) is 0 Å². The fourth-order valence-corrected chi connectivity index (χ4v) is 3.03.